The van der Waals surface area contributed by atoms with Crippen LogP contribution in [-0.2, 0) is 12.8 Å². The van der Waals surface area contributed by atoms with Gasteiger partial charge in [-0.1, -0.05) is 42.5 Å². The van der Waals surface area contributed by atoms with Crippen molar-refractivity contribution in [2.75, 3.05) is 6.61 Å². The summed E-state index contributed by atoms with van der Waals surface area (Å²) in [5.41, 5.74) is -1.07. The minimum Gasteiger partial charge on any atom is -0.508 e. The van der Waals surface area contributed by atoms with E-state index in [4.69, 9.17) is 9.15 Å². The maximum atomic E-state index is 13.0. The normalized spacial score (nSPS) is 19.3. The number of aliphatic hydroxyl groups is 3. The summed E-state index contributed by atoms with van der Waals surface area (Å²) in [5, 5.41) is 64.8. The molecular weight excluding hydrogens is 516 g/mol. The molecule has 40 heavy (non-hydrogen) atoms. The summed E-state index contributed by atoms with van der Waals surface area (Å²) in [6.45, 7) is -0.525. The monoisotopic (exact) mass is 542 g/mol. The zero-order valence-electron chi connectivity index (χ0n) is 21.1. The molecule has 1 aliphatic heterocycles. The Morgan fingerprint density at radius 3 is 2.38 bits per heavy atom. The predicted octanol–water partition coefficient (Wildman–Crippen LogP) is 3.41. The van der Waals surface area contributed by atoms with Gasteiger partial charge in [-0.25, -0.2) is 0 Å². The molecule has 9 nitrogen and oxygen atoms in total. The molecule has 9 heteroatoms. The van der Waals surface area contributed by atoms with Crippen molar-refractivity contribution in [3.8, 4) is 23.0 Å². The van der Waals surface area contributed by atoms with Crippen molar-refractivity contribution in [3.63, 3.8) is 0 Å². The van der Waals surface area contributed by atoms with Crippen LogP contribution in [0.15, 0.2) is 82.0 Å². The van der Waals surface area contributed by atoms with Gasteiger partial charge in [0, 0.05) is 36.6 Å². The average Bonchev–Trinajstić information content (AvgIpc) is 2.92. The van der Waals surface area contributed by atoms with E-state index in [1.165, 1.54) is 18.2 Å². The predicted molar refractivity (Wildman–Crippen MR) is 146 cm³/mol. The Morgan fingerprint density at radius 2 is 1.65 bits per heavy atom. The molecule has 0 saturated carbocycles. The average molecular weight is 543 g/mol. The SMILES string of the molecule is O=c1cc([C@H](O)c2cc(O)cc(O)c2)oc2cc3c(c(O)c12)C[C@@H](O)[C@@](CO)(Cc1ccc2ccccc2c1)O3. The first-order chi connectivity index (χ1) is 19.2. The topological polar surface area (TPSA) is 161 Å². The van der Waals surface area contributed by atoms with Crippen molar-refractivity contribution >= 4 is 21.7 Å². The zero-order valence-corrected chi connectivity index (χ0v) is 21.1. The number of benzene rings is 4. The maximum Gasteiger partial charge on any atom is 0.196 e. The maximum absolute atomic E-state index is 13.0. The summed E-state index contributed by atoms with van der Waals surface area (Å²) >= 11 is 0. The number of phenols is 3. The Kier molecular flexibility index (Phi) is 6.14. The summed E-state index contributed by atoms with van der Waals surface area (Å²) < 4.78 is 12.0. The van der Waals surface area contributed by atoms with Crippen LogP contribution in [0.1, 0.15) is 28.6 Å². The van der Waals surface area contributed by atoms with Crippen LogP contribution in [0.5, 0.6) is 23.0 Å². The fourth-order valence-corrected chi connectivity index (χ4v) is 5.41. The fraction of sp³-hybridized carbons (Fsp3) is 0.194. The molecule has 5 aromatic rings. The van der Waals surface area contributed by atoms with E-state index >= 15 is 0 Å². The van der Waals surface area contributed by atoms with E-state index in [9.17, 15) is 35.4 Å². The third kappa shape index (κ3) is 4.30. The Labute approximate surface area is 227 Å². The molecule has 4 aromatic carbocycles. The van der Waals surface area contributed by atoms with Gasteiger partial charge in [-0.15, -0.1) is 0 Å². The van der Waals surface area contributed by atoms with E-state index in [-0.39, 0.29) is 57.9 Å². The molecule has 3 atom stereocenters. The minimum absolute atomic E-state index is 0.0798. The molecule has 1 aliphatic rings. The van der Waals surface area contributed by atoms with E-state index in [1.807, 2.05) is 42.5 Å². The van der Waals surface area contributed by atoms with Crippen molar-refractivity contribution < 1.29 is 39.8 Å². The third-order valence-corrected chi connectivity index (χ3v) is 7.49. The van der Waals surface area contributed by atoms with Gasteiger partial charge >= 0.3 is 0 Å². The molecule has 0 amide bonds. The Bertz CT molecular complexity index is 1810. The lowest BCUT2D eigenvalue weighted by molar-refractivity contribution is -0.0961. The highest BCUT2D eigenvalue weighted by molar-refractivity contribution is 5.87. The van der Waals surface area contributed by atoms with E-state index in [0.717, 1.165) is 28.5 Å². The van der Waals surface area contributed by atoms with E-state index in [1.54, 1.807) is 0 Å². The second-order valence-corrected chi connectivity index (χ2v) is 10.2. The van der Waals surface area contributed by atoms with Gasteiger partial charge in [0.15, 0.2) is 11.0 Å². The molecule has 0 fully saturated rings. The summed E-state index contributed by atoms with van der Waals surface area (Å²) in [6.07, 6.45) is -2.64. The number of fused-ring (bicyclic) bond motifs is 3. The van der Waals surface area contributed by atoms with Gasteiger partial charge in [0.1, 0.15) is 51.9 Å². The molecule has 0 bridgehead atoms. The quantitative estimate of drug-likeness (QED) is 0.196. The van der Waals surface area contributed by atoms with Crippen LogP contribution in [0.25, 0.3) is 21.7 Å². The molecule has 2 heterocycles. The van der Waals surface area contributed by atoms with Gasteiger partial charge in [-0.3, -0.25) is 4.79 Å². The van der Waals surface area contributed by atoms with Crippen LogP contribution in [-0.4, -0.2) is 49.0 Å². The molecule has 0 radical (unpaired) electrons. The van der Waals surface area contributed by atoms with Crippen LogP contribution >= 0.6 is 0 Å². The summed E-state index contributed by atoms with van der Waals surface area (Å²) in [6, 6.07) is 19.5. The first-order valence-electron chi connectivity index (χ1n) is 12.7. The second-order valence-electron chi connectivity index (χ2n) is 10.2. The lowest BCUT2D eigenvalue weighted by atomic mass is 9.82. The zero-order chi connectivity index (χ0) is 28.2. The van der Waals surface area contributed by atoms with Crippen molar-refractivity contribution in [2.45, 2.75) is 30.7 Å². The molecule has 0 aliphatic carbocycles. The Balaban J connectivity index is 1.41. The number of ether oxygens (including phenoxy) is 1. The molecule has 204 valence electrons. The van der Waals surface area contributed by atoms with Crippen molar-refractivity contribution in [1.29, 1.82) is 0 Å². The minimum atomic E-state index is -1.51. The van der Waals surface area contributed by atoms with Gasteiger partial charge in [0.25, 0.3) is 0 Å². The highest BCUT2D eigenvalue weighted by atomic mass is 16.5. The van der Waals surface area contributed by atoms with Crippen LogP contribution < -0.4 is 10.2 Å². The first kappa shape index (κ1) is 25.7. The van der Waals surface area contributed by atoms with E-state index < -0.39 is 35.6 Å². The van der Waals surface area contributed by atoms with Crippen LogP contribution in [0.4, 0.5) is 0 Å². The van der Waals surface area contributed by atoms with Gasteiger partial charge in [0.2, 0.25) is 0 Å². The lowest BCUT2D eigenvalue weighted by Gasteiger charge is -2.41. The van der Waals surface area contributed by atoms with Crippen molar-refractivity contribution in [1.82, 2.24) is 0 Å². The Hall–Kier alpha value is -4.57. The van der Waals surface area contributed by atoms with Gasteiger partial charge < -0.3 is 39.8 Å². The van der Waals surface area contributed by atoms with Gasteiger partial charge in [-0.2, -0.15) is 0 Å². The van der Waals surface area contributed by atoms with Gasteiger partial charge in [0.05, 0.1) is 6.61 Å². The molecular formula is C31H26O9. The van der Waals surface area contributed by atoms with Gasteiger partial charge in [-0.05, 0) is 34.0 Å². The molecule has 6 rings (SSSR count). The van der Waals surface area contributed by atoms with Crippen LogP contribution in [0.3, 0.4) is 0 Å². The smallest absolute Gasteiger partial charge is 0.196 e. The number of hydrogen-bond acceptors (Lipinski definition) is 9. The summed E-state index contributed by atoms with van der Waals surface area (Å²) in [7, 11) is 0. The summed E-state index contributed by atoms with van der Waals surface area (Å²) in [4.78, 5) is 13.0. The van der Waals surface area contributed by atoms with Crippen LogP contribution in [0.2, 0.25) is 0 Å². The fourth-order valence-electron chi connectivity index (χ4n) is 5.41. The number of hydrogen-bond donors (Lipinski definition) is 6. The van der Waals surface area contributed by atoms with E-state index in [0.29, 0.717) is 0 Å². The number of aromatic hydroxyl groups is 3. The molecule has 0 unspecified atom stereocenters. The second kappa shape index (κ2) is 9.56. The molecule has 0 saturated heterocycles. The highest BCUT2D eigenvalue weighted by Gasteiger charge is 2.45. The van der Waals surface area contributed by atoms with Crippen LogP contribution in [0, 0.1) is 0 Å². The first-order valence-corrected chi connectivity index (χ1v) is 12.7. The number of rotatable bonds is 5. The highest BCUT2D eigenvalue weighted by Crippen LogP contribution is 2.43. The standard InChI is InChI=1S/C31H26O9/c32-15-31(14-16-5-6-17-3-1-2-4-18(17)7-16)27(36)11-22-24(40-31)13-25-28(30(22)38)23(35)12-26(39-25)29(37)19-8-20(33)10-21(34)9-19/h1-10,12-13,27,29,32-34,36-38H,11,14-15H2/t27-,29-,31+/m1/s1. The largest absolute Gasteiger partial charge is 0.508 e. The Morgan fingerprint density at radius 1 is 0.925 bits per heavy atom. The summed E-state index contributed by atoms with van der Waals surface area (Å²) in [5.74, 6) is -1.07. The molecule has 6 N–H and O–H groups in total. The lowest BCUT2D eigenvalue weighted by Crippen LogP contribution is -2.55. The number of phenolic OH excluding ortho intramolecular Hbond substituents is 3. The molecule has 1 aromatic heterocycles. The van der Waals surface area contributed by atoms with Crippen molar-refractivity contribution in [2.24, 2.45) is 0 Å². The third-order valence-electron chi connectivity index (χ3n) is 7.49. The van der Waals surface area contributed by atoms with Crippen molar-refractivity contribution in [3.05, 3.63) is 105 Å². The molecule has 0 spiro atoms. The van der Waals surface area contributed by atoms with E-state index in [2.05, 4.69) is 0 Å². The number of aliphatic hydroxyl groups excluding tert-OH is 3.